The van der Waals surface area contributed by atoms with Crippen LogP contribution in [0.4, 0.5) is 0 Å². The molecule has 176 valence electrons. The first-order valence-electron chi connectivity index (χ1n) is 13.4. The van der Waals surface area contributed by atoms with Crippen LogP contribution >= 0.6 is 0 Å². The summed E-state index contributed by atoms with van der Waals surface area (Å²) in [5, 5.41) is 0. The highest BCUT2D eigenvalue weighted by atomic mass is 16.5. The normalized spacial score (nSPS) is 30.1. The predicted molar refractivity (Wildman–Crippen MR) is 129 cm³/mol. The zero-order valence-corrected chi connectivity index (χ0v) is 20.6. The van der Waals surface area contributed by atoms with Crippen LogP contribution in [0, 0.1) is 11.8 Å². The van der Waals surface area contributed by atoms with Crippen LogP contribution in [0.25, 0.3) is 0 Å². The molecule has 0 saturated heterocycles. The van der Waals surface area contributed by atoms with Crippen molar-refractivity contribution in [2.45, 2.75) is 147 Å². The smallest absolute Gasteiger partial charge is 0.193 e. The van der Waals surface area contributed by atoms with Gasteiger partial charge in [0.2, 0.25) is 0 Å². The number of hydrogen-bond acceptors (Lipinski definition) is 4. The maximum atomic E-state index is 6.75. The van der Waals surface area contributed by atoms with E-state index in [4.69, 9.17) is 19.5 Å². The van der Waals surface area contributed by atoms with Gasteiger partial charge in [0.15, 0.2) is 11.8 Å². The van der Waals surface area contributed by atoms with Crippen molar-refractivity contribution in [2.24, 2.45) is 21.8 Å². The molecule has 2 aliphatic heterocycles. The fraction of sp³-hybridized carbons (Fsp3) is 0.926. The monoisotopic (exact) mass is 430 g/mol. The second-order valence-electron chi connectivity index (χ2n) is 11.7. The van der Waals surface area contributed by atoms with Gasteiger partial charge in [0.05, 0.1) is 18.5 Å². The van der Waals surface area contributed by atoms with Gasteiger partial charge in [-0.05, 0) is 76.0 Å². The third-order valence-electron chi connectivity index (χ3n) is 8.05. The summed E-state index contributed by atoms with van der Waals surface area (Å²) in [5.74, 6) is 3.09. The average molecular weight is 431 g/mol. The summed E-state index contributed by atoms with van der Waals surface area (Å²) in [6.45, 7) is 9.26. The van der Waals surface area contributed by atoms with Gasteiger partial charge in [-0.25, -0.2) is 9.98 Å². The fourth-order valence-electron chi connectivity index (χ4n) is 6.49. The van der Waals surface area contributed by atoms with Crippen LogP contribution in [0.15, 0.2) is 9.98 Å². The molecule has 31 heavy (non-hydrogen) atoms. The van der Waals surface area contributed by atoms with E-state index in [0.29, 0.717) is 30.3 Å². The molecule has 2 heterocycles. The van der Waals surface area contributed by atoms with E-state index < -0.39 is 0 Å². The topological polar surface area (TPSA) is 43.2 Å². The van der Waals surface area contributed by atoms with Gasteiger partial charge < -0.3 is 9.47 Å². The molecular formula is C27H46N2O2. The van der Waals surface area contributed by atoms with E-state index in [-0.39, 0.29) is 11.2 Å². The van der Waals surface area contributed by atoms with Gasteiger partial charge in [0, 0.05) is 0 Å². The molecule has 2 saturated carbocycles. The maximum absolute atomic E-state index is 6.75. The van der Waals surface area contributed by atoms with Crippen molar-refractivity contribution in [1.82, 2.24) is 0 Å². The van der Waals surface area contributed by atoms with Crippen molar-refractivity contribution < 1.29 is 9.47 Å². The van der Waals surface area contributed by atoms with Crippen LogP contribution in [0.2, 0.25) is 0 Å². The Labute approximate surface area is 190 Å². The molecule has 4 aliphatic rings. The molecule has 2 atom stereocenters. The standard InChI is InChI=1S/C27H46N2O2/c1-20(2)17-22-26(13-9-5-6-10-14-26)30-24(28-22)19-25-29-23(18-21(3)4)27(31-25)15-11-7-8-12-16-27/h20-23H,5-19H2,1-4H3/t22-,23-/m0/s1. The Morgan fingerprint density at radius 2 is 1.00 bits per heavy atom. The summed E-state index contributed by atoms with van der Waals surface area (Å²) in [6.07, 6.45) is 18.0. The minimum Gasteiger partial charge on any atom is -0.472 e. The number of aliphatic imine (C=N–C) groups is 2. The molecule has 4 rings (SSSR count). The van der Waals surface area contributed by atoms with Crippen molar-refractivity contribution in [2.75, 3.05) is 0 Å². The molecule has 2 fully saturated rings. The first-order chi connectivity index (χ1) is 14.9. The van der Waals surface area contributed by atoms with Gasteiger partial charge >= 0.3 is 0 Å². The fourth-order valence-corrected chi connectivity index (χ4v) is 6.49. The van der Waals surface area contributed by atoms with E-state index in [1.54, 1.807) is 0 Å². The van der Waals surface area contributed by atoms with Crippen molar-refractivity contribution in [3.63, 3.8) is 0 Å². The Balaban J connectivity index is 1.50. The van der Waals surface area contributed by atoms with Gasteiger partial charge in [0.25, 0.3) is 0 Å². The van der Waals surface area contributed by atoms with E-state index in [9.17, 15) is 0 Å². The van der Waals surface area contributed by atoms with Crippen LogP contribution < -0.4 is 0 Å². The van der Waals surface area contributed by atoms with Gasteiger partial charge in [-0.2, -0.15) is 0 Å². The predicted octanol–water partition coefficient (Wildman–Crippen LogP) is 7.25. The summed E-state index contributed by atoms with van der Waals surface area (Å²) in [5.41, 5.74) is -0.126. The third kappa shape index (κ3) is 5.30. The van der Waals surface area contributed by atoms with Crippen LogP contribution in [0.5, 0.6) is 0 Å². The minimum atomic E-state index is -0.0629. The number of ether oxygens (including phenoxy) is 2. The molecule has 0 bridgehead atoms. The van der Waals surface area contributed by atoms with Crippen LogP contribution in [-0.4, -0.2) is 35.1 Å². The average Bonchev–Trinajstić information content (AvgIpc) is 2.97. The third-order valence-corrected chi connectivity index (χ3v) is 8.05. The quantitative estimate of drug-likeness (QED) is 0.445. The van der Waals surface area contributed by atoms with Gasteiger partial charge in [-0.1, -0.05) is 53.4 Å². The van der Waals surface area contributed by atoms with E-state index >= 15 is 0 Å². The molecule has 0 radical (unpaired) electrons. The Morgan fingerprint density at radius 3 is 1.32 bits per heavy atom. The lowest BCUT2D eigenvalue weighted by Gasteiger charge is -2.34. The molecule has 2 spiro atoms. The second-order valence-corrected chi connectivity index (χ2v) is 11.7. The SMILES string of the molecule is CC(C)C[C@@H]1N=C(CC2=N[C@@H](CC(C)C)C3(CCCCCC3)O2)OC12CCCCCC2. The van der Waals surface area contributed by atoms with E-state index in [1.807, 2.05) is 0 Å². The molecule has 0 aromatic rings. The lowest BCUT2D eigenvalue weighted by Crippen LogP contribution is -2.41. The molecule has 4 heteroatoms. The largest absolute Gasteiger partial charge is 0.472 e. The maximum Gasteiger partial charge on any atom is 0.193 e. The van der Waals surface area contributed by atoms with Crippen molar-refractivity contribution in [3.05, 3.63) is 0 Å². The Bertz CT molecular complexity index is 594. The second kappa shape index (κ2) is 9.83. The van der Waals surface area contributed by atoms with Crippen LogP contribution in [0.3, 0.4) is 0 Å². The van der Waals surface area contributed by atoms with Gasteiger partial charge in [-0.15, -0.1) is 0 Å². The Kier molecular flexibility index (Phi) is 7.33. The Morgan fingerprint density at radius 1 is 0.645 bits per heavy atom. The first kappa shape index (κ1) is 23.1. The van der Waals surface area contributed by atoms with E-state index in [1.165, 1.54) is 51.4 Å². The van der Waals surface area contributed by atoms with Crippen LogP contribution in [-0.2, 0) is 9.47 Å². The van der Waals surface area contributed by atoms with Crippen molar-refractivity contribution in [3.8, 4) is 0 Å². The molecule has 0 aromatic heterocycles. The summed E-state index contributed by atoms with van der Waals surface area (Å²) >= 11 is 0. The number of rotatable bonds is 6. The molecule has 2 aliphatic carbocycles. The highest BCUT2D eigenvalue weighted by Gasteiger charge is 2.49. The van der Waals surface area contributed by atoms with Crippen molar-refractivity contribution in [1.29, 1.82) is 0 Å². The molecule has 0 aromatic carbocycles. The highest BCUT2D eigenvalue weighted by Crippen LogP contribution is 2.44. The summed E-state index contributed by atoms with van der Waals surface area (Å²) < 4.78 is 13.5. The van der Waals surface area contributed by atoms with Crippen molar-refractivity contribution >= 4 is 11.8 Å². The summed E-state index contributed by atoms with van der Waals surface area (Å²) in [6, 6.07) is 0.613. The highest BCUT2D eigenvalue weighted by molar-refractivity contribution is 5.99. The summed E-state index contributed by atoms with van der Waals surface area (Å²) in [4.78, 5) is 10.4. The molecular weight excluding hydrogens is 384 g/mol. The van der Waals surface area contributed by atoms with Gasteiger partial charge in [-0.3, -0.25) is 0 Å². The number of hydrogen-bond donors (Lipinski definition) is 0. The van der Waals surface area contributed by atoms with E-state index in [0.717, 1.165) is 50.3 Å². The molecule has 0 amide bonds. The van der Waals surface area contributed by atoms with Gasteiger partial charge in [0.1, 0.15) is 11.2 Å². The number of nitrogens with zero attached hydrogens (tertiary/aromatic N) is 2. The van der Waals surface area contributed by atoms with Crippen LogP contribution in [0.1, 0.15) is 124 Å². The zero-order chi connectivity index (χ0) is 21.9. The first-order valence-corrected chi connectivity index (χ1v) is 13.4. The summed E-state index contributed by atoms with van der Waals surface area (Å²) in [7, 11) is 0. The zero-order valence-electron chi connectivity index (χ0n) is 20.6. The lowest BCUT2D eigenvalue weighted by atomic mass is 9.83. The molecule has 0 N–H and O–H groups in total. The Hall–Kier alpha value is -1.06. The van der Waals surface area contributed by atoms with E-state index in [2.05, 4.69) is 27.7 Å². The lowest BCUT2D eigenvalue weighted by molar-refractivity contribution is 0.0264. The minimum absolute atomic E-state index is 0.0629. The molecule has 0 unspecified atom stereocenters. The molecule has 4 nitrogen and oxygen atoms in total.